The average Bonchev–Trinajstić information content (AvgIpc) is 3.11. The molecule has 0 spiro atoms. The quantitative estimate of drug-likeness (QED) is 0.782. The topological polar surface area (TPSA) is 77.4 Å². The molecule has 0 saturated carbocycles. The van der Waals surface area contributed by atoms with Gasteiger partial charge in [0.2, 0.25) is 0 Å². The number of fused-ring (bicyclic) bond motifs is 1. The first-order valence-electron chi connectivity index (χ1n) is 6.13. The summed E-state index contributed by atoms with van der Waals surface area (Å²) in [5.74, 6) is -0.231. The summed E-state index contributed by atoms with van der Waals surface area (Å²) in [6.07, 6.45) is 5.97. The molecule has 0 saturated heterocycles. The van der Waals surface area contributed by atoms with E-state index in [1.54, 1.807) is 24.4 Å². The smallest absolute Gasteiger partial charge is 0.294 e. The largest absolute Gasteiger partial charge is 0.472 e. The molecule has 6 heteroatoms. The first kappa shape index (κ1) is 12.3. The molecule has 20 heavy (non-hydrogen) atoms. The van der Waals surface area contributed by atoms with Gasteiger partial charge in [-0.2, -0.15) is 0 Å². The first-order valence-corrected chi connectivity index (χ1v) is 6.13. The molecular formula is C14H12N2O4. The lowest BCUT2D eigenvalue weighted by Gasteiger charge is -2.06. The van der Waals surface area contributed by atoms with Crippen LogP contribution in [0.5, 0.6) is 0 Å². The van der Waals surface area contributed by atoms with Crippen LogP contribution in [0.3, 0.4) is 0 Å². The summed E-state index contributed by atoms with van der Waals surface area (Å²) in [6.45, 7) is 0.717. The van der Waals surface area contributed by atoms with Crippen LogP contribution in [0.4, 0.5) is 0 Å². The predicted octanol–water partition coefficient (Wildman–Crippen LogP) is 1.62. The molecule has 0 aliphatic rings. The Morgan fingerprint density at radius 3 is 2.95 bits per heavy atom. The minimum Gasteiger partial charge on any atom is -0.472 e. The molecule has 0 aliphatic heterocycles. The Morgan fingerprint density at radius 1 is 1.25 bits per heavy atom. The minimum atomic E-state index is -0.231. The zero-order valence-electron chi connectivity index (χ0n) is 10.5. The zero-order valence-corrected chi connectivity index (χ0v) is 10.5. The van der Waals surface area contributed by atoms with Crippen molar-refractivity contribution in [1.29, 1.82) is 0 Å². The van der Waals surface area contributed by atoms with E-state index in [0.29, 0.717) is 24.2 Å². The van der Waals surface area contributed by atoms with Crippen LogP contribution in [0.15, 0.2) is 56.8 Å². The molecule has 0 aromatic carbocycles. The van der Waals surface area contributed by atoms with E-state index in [2.05, 4.69) is 5.32 Å². The molecule has 0 unspecified atom stereocenters. The van der Waals surface area contributed by atoms with E-state index < -0.39 is 0 Å². The fourth-order valence-electron chi connectivity index (χ4n) is 1.95. The molecule has 3 heterocycles. The lowest BCUT2D eigenvalue weighted by atomic mass is 10.3. The van der Waals surface area contributed by atoms with Gasteiger partial charge in [-0.05, 0) is 18.2 Å². The summed E-state index contributed by atoms with van der Waals surface area (Å²) in [5, 5.41) is 3.49. The maximum Gasteiger partial charge on any atom is 0.294 e. The molecule has 6 nitrogen and oxygen atoms in total. The highest BCUT2D eigenvalue weighted by atomic mass is 16.3. The van der Waals surface area contributed by atoms with Gasteiger partial charge in [0.25, 0.3) is 11.5 Å². The van der Waals surface area contributed by atoms with E-state index in [1.807, 2.05) is 0 Å². The van der Waals surface area contributed by atoms with Crippen LogP contribution in [0.25, 0.3) is 11.0 Å². The summed E-state index contributed by atoms with van der Waals surface area (Å²) >= 11 is 0. The highest BCUT2D eigenvalue weighted by Gasteiger charge is 2.07. The fourth-order valence-corrected chi connectivity index (χ4v) is 1.95. The summed E-state index contributed by atoms with van der Waals surface area (Å²) in [7, 11) is 0. The second-order valence-electron chi connectivity index (χ2n) is 4.29. The van der Waals surface area contributed by atoms with Gasteiger partial charge in [-0.3, -0.25) is 9.59 Å². The van der Waals surface area contributed by atoms with Crippen LogP contribution in [-0.4, -0.2) is 17.0 Å². The maximum atomic E-state index is 12.0. The van der Waals surface area contributed by atoms with Crippen molar-refractivity contribution >= 4 is 16.9 Å². The number of hydrogen-bond donors (Lipinski definition) is 1. The van der Waals surface area contributed by atoms with E-state index in [9.17, 15) is 9.59 Å². The van der Waals surface area contributed by atoms with Crippen molar-refractivity contribution in [3.05, 3.63) is 59.1 Å². The summed E-state index contributed by atoms with van der Waals surface area (Å²) < 4.78 is 11.5. The van der Waals surface area contributed by atoms with Gasteiger partial charge in [-0.15, -0.1) is 0 Å². The lowest BCUT2D eigenvalue weighted by Crippen LogP contribution is -2.30. The second-order valence-corrected chi connectivity index (χ2v) is 4.29. The number of rotatable bonds is 4. The van der Waals surface area contributed by atoms with Gasteiger partial charge in [0, 0.05) is 24.7 Å². The third-order valence-electron chi connectivity index (χ3n) is 3.01. The van der Waals surface area contributed by atoms with Crippen molar-refractivity contribution in [3.63, 3.8) is 0 Å². The molecular weight excluding hydrogens is 260 g/mol. The fraction of sp³-hybridized carbons (Fsp3) is 0.143. The molecule has 1 amide bonds. The average molecular weight is 272 g/mol. The standard InChI is InChI=1S/C14H12N2O4/c17-13(11-2-7-19-9-11)15-4-6-16-5-1-10-3-8-20-12(10)14(16)18/h1-3,5,7-9H,4,6H2,(H,15,17). The Balaban J connectivity index is 1.67. The first-order chi connectivity index (χ1) is 9.75. The van der Waals surface area contributed by atoms with Crippen LogP contribution in [-0.2, 0) is 6.54 Å². The number of pyridine rings is 1. The Labute approximate surface area is 113 Å². The normalized spacial score (nSPS) is 10.8. The molecule has 3 aromatic heterocycles. The summed E-state index contributed by atoms with van der Waals surface area (Å²) in [4.78, 5) is 23.7. The number of nitrogens with one attached hydrogen (secondary N) is 1. The van der Waals surface area contributed by atoms with Crippen LogP contribution in [0, 0.1) is 0 Å². The van der Waals surface area contributed by atoms with Crippen LogP contribution in [0.2, 0.25) is 0 Å². The molecule has 0 bridgehead atoms. The Morgan fingerprint density at radius 2 is 2.15 bits per heavy atom. The number of carbonyl (C=O) groups excluding carboxylic acids is 1. The number of hydrogen-bond acceptors (Lipinski definition) is 4. The van der Waals surface area contributed by atoms with Gasteiger partial charge in [0.1, 0.15) is 6.26 Å². The van der Waals surface area contributed by atoms with Crippen molar-refractivity contribution in [2.75, 3.05) is 6.54 Å². The monoisotopic (exact) mass is 272 g/mol. The predicted molar refractivity (Wildman–Crippen MR) is 71.5 cm³/mol. The van der Waals surface area contributed by atoms with Crippen LogP contribution < -0.4 is 10.9 Å². The van der Waals surface area contributed by atoms with Gasteiger partial charge >= 0.3 is 0 Å². The maximum absolute atomic E-state index is 12.0. The van der Waals surface area contributed by atoms with E-state index in [4.69, 9.17) is 8.83 Å². The van der Waals surface area contributed by atoms with E-state index in [-0.39, 0.29) is 11.5 Å². The zero-order chi connectivity index (χ0) is 13.9. The lowest BCUT2D eigenvalue weighted by molar-refractivity contribution is 0.0951. The summed E-state index contributed by atoms with van der Waals surface area (Å²) in [5.41, 5.74) is 0.581. The van der Waals surface area contributed by atoms with Gasteiger partial charge in [-0.25, -0.2) is 0 Å². The third kappa shape index (κ3) is 2.23. The number of aromatic nitrogens is 1. The highest BCUT2D eigenvalue weighted by molar-refractivity contribution is 5.93. The van der Waals surface area contributed by atoms with Crippen LogP contribution in [0.1, 0.15) is 10.4 Å². The van der Waals surface area contributed by atoms with Gasteiger partial charge < -0.3 is 18.7 Å². The number of nitrogens with zero attached hydrogens (tertiary/aromatic N) is 1. The van der Waals surface area contributed by atoms with Gasteiger partial charge in [-0.1, -0.05) is 0 Å². The number of carbonyl (C=O) groups is 1. The van der Waals surface area contributed by atoms with Crippen molar-refractivity contribution in [1.82, 2.24) is 9.88 Å². The van der Waals surface area contributed by atoms with E-state index in [1.165, 1.54) is 23.4 Å². The van der Waals surface area contributed by atoms with Crippen molar-refractivity contribution in [2.24, 2.45) is 0 Å². The third-order valence-corrected chi connectivity index (χ3v) is 3.01. The number of amides is 1. The van der Waals surface area contributed by atoms with Crippen molar-refractivity contribution < 1.29 is 13.6 Å². The van der Waals surface area contributed by atoms with Gasteiger partial charge in [0.05, 0.1) is 18.1 Å². The van der Waals surface area contributed by atoms with Crippen LogP contribution >= 0.6 is 0 Å². The summed E-state index contributed by atoms with van der Waals surface area (Å²) in [6, 6.07) is 5.12. The molecule has 102 valence electrons. The highest BCUT2D eigenvalue weighted by Crippen LogP contribution is 2.09. The van der Waals surface area contributed by atoms with Crippen molar-refractivity contribution in [3.8, 4) is 0 Å². The molecule has 3 aromatic rings. The Bertz CT molecular complexity index is 783. The molecule has 3 rings (SSSR count). The molecule has 1 N–H and O–H groups in total. The second kappa shape index (κ2) is 5.08. The van der Waals surface area contributed by atoms with E-state index in [0.717, 1.165) is 5.39 Å². The van der Waals surface area contributed by atoms with Crippen molar-refractivity contribution in [2.45, 2.75) is 6.54 Å². The minimum absolute atomic E-state index is 0.204. The Kier molecular flexibility index (Phi) is 3.12. The molecule has 0 atom stereocenters. The van der Waals surface area contributed by atoms with E-state index >= 15 is 0 Å². The SMILES string of the molecule is O=C(NCCn1ccc2ccoc2c1=O)c1ccoc1. The molecule has 0 aliphatic carbocycles. The van der Waals surface area contributed by atoms with Gasteiger partial charge in [0.15, 0.2) is 5.58 Å². The Hall–Kier alpha value is -2.76. The molecule has 0 fully saturated rings. The number of furan rings is 2. The molecule has 0 radical (unpaired) electrons.